The maximum Gasteiger partial charge on any atom is 0.140 e. The van der Waals surface area contributed by atoms with Gasteiger partial charge >= 0.3 is 0 Å². The summed E-state index contributed by atoms with van der Waals surface area (Å²) in [4.78, 5) is 12.6. The first kappa shape index (κ1) is 19.9. The SMILES string of the molecule is CCCCCc1ccc(-c2ccc([C@@H]3CC[C@@H](CCC)CC3=O)cc2)cc1. The molecule has 0 aliphatic heterocycles. The maximum absolute atomic E-state index is 12.6. The van der Waals surface area contributed by atoms with Gasteiger partial charge in [0.1, 0.15) is 5.78 Å². The van der Waals surface area contributed by atoms with Gasteiger partial charge in [0.05, 0.1) is 0 Å². The van der Waals surface area contributed by atoms with Crippen LogP contribution >= 0.6 is 0 Å². The Morgan fingerprint density at radius 2 is 1.48 bits per heavy atom. The quantitative estimate of drug-likeness (QED) is 0.449. The molecule has 0 saturated heterocycles. The molecule has 0 bridgehead atoms. The molecule has 2 aromatic carbocycles. The molecule has 27 heavy (non-hydrogen) atoms. The first-order valence-electron chi connectivity index (χ1n) is 10.9. The molecule has 3 rings (SSSR count). The lowest BCUT2D eigenvalue weighted by Crippen LogP contribution is -2.23. The Bertz CT molecular complexity index is 711. The van der Waals surface area contributed by atoms with Crippen LogP contribution in [0.15, 0.2) is 48.5 Å². The van der Waals surface area contributed by atoms with Gasteiger partial charge in [-0.3, -0.25) is 4.79 Å². The number of unbranched alkanes of at least 4 members (excludes halogenated alkanes) is 2. The van der Waals surface area contributed by atoms with Crippen molar-refractivity contribution in [3.05, 3.63) is 59.7 Å². The number of carbonyl (C=O) groups is 1. The maximum atomic E-state index is 12.6. The topological polar surface area (TPSA) is 17.1 Å². The fourth-order valence-corrected chi connectivity index (χ4v) is 4.45. The van der Waals surface area contributed by atoms with E-state index in [4.69, 9.17) is 0 Å². The number of hydrogen-bond acceptors (Lipinski definition) is 1. The van der Waals surface area contributed by atoms with Crippen LogP contribution in [-0.2, 0) is 11.2 Å². The monoisotopic (exact) mass is 362 g/mol. The zero-order valence-corrected chi connectivity index (χ0v) is 17.0. The van der Waals surface area contributed by atoms with Gasteiger partial charge in [-0.15, -0.1) is 0 Å². The average molecular weight is 363 g/mol. The van der Waals surface area contributed by atoms with E-state index in [-0.39, 0.29) is 5.92 Å². The van der Waals surface area contributed by atoms with Gasteiger partial charge in [0.2, 0.25) is 0 Å². The Labute approximate surface area is 165 Å². The van der Waals surface area contributed by atoms with Crippen molar-refractivity contribution in [3.8, 4) is 11.1 Å². The minimum absolute atomic E-state index is 0.119. The predicted octanol–water partition coefficient (Wildman–Crippen LogP) is 7.34. The van der Waals surface area contributed by atoms with Crippen molar-refractivity contribution in [1.29, 1.82) is 0 Å². The van der Waals surface area contributed by atoms with E-state index in [0.29, 0.717) is 11.7 Å². The van der Waals surface area contributed by atoms with Crippen LogP contribution in [0.3, 0.4) is 0 Å². The molecule has 1 fully saturated rings. The van der Waals surface area contributed by atoms with Crippen LogP contribution in [0.5, 0.6) is 0 Å². The minimum atomic E-state index is 0.119. The third-order valence-corrected chi connectivity index (χ3v) is 6.11. The van der Waals surface area contributed by atoms with Crippen LogP contribution < -0.4 is 0 Å². The highest BCUT2D eigenvalue weighted by Gasteiger charge is 2.29. The smallest absolute Gasteiger partial charge is 0.140 e. The van der Waals surface area contributed by atoms with Crippen molar-refractivity contribution in [2.75, 3.05) is 0 Å². The van der Waals surface area contributed by atoms with E-state index in [1.54, 1.807) is 0 Å². The molecule has 0 spiro atoms. The van der Waals surface area contributed by atoms with Crippen molar-refractivity contribution in [2.24, 2.45) is 5.92 Å². The Morgan fingerprint density at radius 3 is 2.07 bits per heavy atom. The molecule has 0 N–H and O–H groups in total. The van der Waals surface area contributed by atoms with Gasteiger partial charge in [-0.25, -0.2) is 0 Å². The van der Waals surface area contributed by atoms with Crippen molar-refractivity contribution >= 4 is 5.78 Å². The van der Waals surface area contributed by atoms with Gasteiger partial charge in [0, 0.05) is 12.3 Å². The second kappa shape index (κ2) is 9.88. The van der Waals surface area contributed by atoms with Crippen LogP contribution in [-0.4, -0.2) is 5.78 Å². The Hall–Kier alpha value is -1.89. The summed E-state index contributed by atoms with van der Waals surface area (Å²) < 4.78 is 0. The van der Waals surface area contributed by atoms with Crippen LogP contribution in [0, 0.1) is 5.92 Å². The van der Waals surface area contributed by atoms with Gasteiger partial charge in [0.25, 0.3) is 0 Å². The Balaban J connectivity index is 1.62. The Morgan fingerprint density at radius 1 is 0.815 bits per heavy atom. The van der Waals surface area contributed by atoms with Gasteiger partial charge < -0.3 is 0 Å². The normalized spacial score (nSPS) is 20.0. The number of ketones is 1. The van der Waals surface area contributed by atoms with Crippen molar-refractivity contribution in [3.63, 3.8) is 0 Å². The van der Waals surface area contributed by atoms with E-state index >= 15 is 0 Å². The van der Waals surface area contributed by atoms with Gasteiger partial charge in [-0.1, -0.05) is 88.1 Å². The number of carbonyl (C=O) groups excluding carboxylic acids is 1. The van der Waals surface area contributed by atoms with E-state index in [1.807, 2.05) is 0 Å². The molecule has 0 heterocycles. The lowest BCUT2D eigenvalue weighted by molar-refractivity contribution is -0.123. The molecular formula is C26H34O. The molecular weight excluding hydrogens is 328 g/mol. The third-order valence-electron chi connectivity index (χ3n) is 6.11. The Kier molecular flexibility index (Phi) is 7.26. The van der Waals surface area contributed by atoms with Crippen LogP contribution in [0.1, 0.15) is 82.3 Å². The van der Waals surface area contributed by atoms with E-state index in [9.17, 15) is 4.79 Å². The first-order valence-corrected chi connectivity index (χ1v) is 10.9. The largest absolute Gasteiger partial charge is 0.299 e. The highest BCUT2D eigenvalue weighted by atomic mass is 16.1. The number of rotatable bonds is 8. The standard InChI is InChI=1S/C26H34O/c1-3-5-6-8-20-9-12-22(13-10-20)23-14-16-24(17-15-23)25-18-11-21(7-4-2)19-26(25)27/h9-10,12-17,21,25H,3-8,11,18-19H2,1-2H3/t21-,25+/m1/s1. The van der Waals surface area contributed by atoms with Gasteiger partial charge in [-0.05, 0) is 53.9 Å². The summed E-state index contributed by atoms with van der Waals surface area (Å²) in [5.74, 6) is 1.19. The van der Waals surface area contributed by atoms with Crippen LogP contribution in [0.25, 0.3) is 11.1 Å². The zero-order chi connectivity index (χ0) is 19.1. The summed E-state index contributed by atoms with van der Waals surface area (Å²) in [6, 6.07) is 17.7. The van der Waals surface area contributed by atoms with E-state index in [0.717, 1.165) is 12.8 Å². The molecule has 1 aliphatic carbocycles. The number of hydrogen-bond donors (Lipinski definition) is 0. The summed E-state index contributed by atoms with van der Waals surface area (Å²) in [6.45, 7) is 4.46. The summed E-state index contributed by atoms with van der Waals surface area (Å²) in [5.41, 5.74) is 5.14. The fourth-order valence-electron chi connectivity index (χ4n) is 4.45. The second-order valence-electron chi connectivity index (χ2n) is 8.23. The van der Waals surface area contributed by atoms with Crippen molar-refractivity contribution < 1.29 is 4.79 Å². The van der Waals surface area contributed by atoms with Gasteiger partial charge in [0.15, 0.2) is 0 Å². The summed E-state index contributed by atoms with van der Waals surface area (Å²) in [7, 11) is 0. The molecule has 0 amide bonds. The average Bonchev–Trinajstić information content (AvgIpc) is 2.69. The summed E-state index contributed by atoms with van der Waals surface area (Å²) in [6.07, 6.45) is 10.4. The van der Waals surface area contributed by atoms with Crippen molar-refractivity contribution in [1.82, 2.24) is 0 Å². The molecule has 1 saturated carbocycles. The zero-order valence-electron chi connectivity index (χ0n) is 17.0. The minimum Gasteiger partial charge on any atom is -0.299 e. The lowest BCUT2D eigenvalue weighted by Gasteiger charge is -2.27. The molecule has 1 nitrogen and oxygen atoms in total. The molecule has 0 radical (unpaired) electrons. The van der Waals surface area contributed by atoms with E-state index in [2.05, 4.69) is 62.4 Å². The van der Waals surface area contributed by atoms with Gasteiger partial charge in [-0.2, -0.15) is 0 Å². The molecule has 0 unspecified atom stereocenters. The highest BCUT2D eigenvalue weighted by molar-refractivity contribution is 5.86. The third kappa shape index (κ3) is 5.31. The lowest BCUT2D eigenvalue weighted by atomic mass is 9.76. The highest BCUT2D eigenvalue weighted by Crippen LogP contribution is 2.35. The molecule has 2 aromatic rings. The van der Waals surface area contributed by atoms with Crippen molar-refractivity contribution in [2.45, 2.75) is 77.6 Å². The molecule has 0 aromatic heterocycles. The first-order chi connectivity index (χ1) is 13.2. The number of aryl methyl sites for hydroxylation is 1. The number of Topliss-reactive ketones (excluding diaryl/α,β-unsaturated/α-hetero) is 1. The van der Waals surface area contributed by atoms with E-state index in [1.165, 1.54) is 67.2 Å². The summed E-state index contributed by atoms with van der Waals surface area (Å²) >= 11 is 0. The molecule has 1 aliphatic rings. The predicted molar refractivity (Wildman–Crippen MR) is 115 cm³/mol. The van der Waals surface area contributed by atoms with Crippen LogP contribution in [0.4, 0.5) is 0 Å². The van der Waals surface area contributed by atoms with Crippen LogP contribution in [0.2, 0.25) is 0 Å². The number of benzene rings is 2. The van der Waals surface area contributed by atoms with E-state index < -0.39 is 0 Å². The fraction of sp³-hybridized carbons (Fsp3) is 0.500. The summed E-state index contributed by atoms with van der Waals surface area (Å²) in [5, 5.41) is 0. The molecule has 1 heteroatoms. The second-order valence-corrected chi connectivity index (χ2v) is 8.23. The molecule has 144 valence electrons. The molecule has 2 atom stereocenters.